The molecule has 1 aromatic rings. The third-order valence-corrected chi connectivity index (χ3v) is 3.59. The van der Waals surface area contributed by atoms with Crippen LogP contribution in [0.15, 0.2) is 24.3 Å². The Bertz CT molecular complexity index is 472. The zero-order chi connectivity index (χ0) is 16.0. The highest BCUT2D eigenvalue weighted by Gasteiger charge is 2.27. The Hall–Kier alpha value is -1.59. The van der Waals surface area contributed by atoms with Crippen LogP contribution in [0.2, 0.25) is 0 Å². The van der Waals surface area contributed by atoms with Gasteiger partial charge < -0.3 is 20.1 Å². The average Bonchev–Trinajstić information content (AvgIpc) is 2.43. The van der Waals surface area contributed by atoms with Crippen LogP contribution in [-0.2, 0) is 4.79 Å². The Balaban J connectivity index is 2.72. The fourth-order valence-electron chi connectivity index (χ4n) is 2.04. The first-order chi connectivity index (χ1) is 9.77. The molecule has 0 amide bonds. The van der Waals surface area contributed by atoms with Crippen molar-refractivity contribution < 1.29 is 14.6 Å². The first kappa shape index (κ1) is 17.5. The Morgan fingerprint density at radius 1 is 1.43 bits per heavy atom. The number of rotatable bonds is 8. The molecule has 0 saturated carbocycles. The number of nitrogens with zero attached hydrogens (tertiary/aromatic N) is 1. The van der Waals surface area contributed by atoms with Crippen LogP contribution >= 0.6 is 0 Å². The van der Waals surface area contributed by atoms with Crippen molar-refractivity contribution in [3.05, 3.63) is 29.8 Å². The van der Waals surface area contributed by atoms with Crippen LogP contribution in [0.4, 0.5) is 0 Å². The smallest absolute Gasteiger partial charge is 0.310 e. The maximum absolute atomic E-state index is 11.1. The first-order valence-corrected chi connectivity index (χ1v) is 7.02. The highest BCUT2D eigenvalue weighted by molar-refractivity contribution is 5.73. The second kappa shape index (κ2) is 7.43. The molecule has 0 saturated heterocycles. The largest absolute Gasteiger partial charge is 0.497 e. The van der Waals surface area contributed by atoms with Gasteiger partial charge in [0.2, 0.25) is 0 Å². The van der Waals surface area contributed by atoms with Crippen LogP contribution in [0.1, 0.15) is 25.5 Å². The van der Waals surface area contributed by atoms with Gasteiger partial charge in [0.1, 0.15) is 5.75 Å². The van der Waals surface area contributed by atoms with E-state index < -0.39 is 11.4 Å². The molecule has 0 aliphatic heterocycles. The number of likely N-dealkylation sites (N-methyl/N-ethyl adjacent to an activating group) is 1. The van der Waals surface area contributed by atoms with Gasteiger partial charge in [-0.3, -0.25) is 4.79 Å². The summed E-state index contributed by atoms with van der Waals surface area (Å²) in [4.78, 5) is 13.2. The van der Waals surface area contributed by atoms with E-state index in [1.807, 2.05) is 32.3 Å². The minimum Gasteiger partial charge on any atom is -0.497 e. The Morgan fingerprint density at radius 2 is 2.10 bits per heavy atom. The van der Waals surface area contributed by atoms with Gasteiger partial charge in [0.15, 0.2) is 0 Å². The molecule has 1 atom stereocenters. The molecule has 2 N–H and O–H groups in total. The van der Waals surface area contributed by atoms with E-state index in [4.69, 9.17) is 9.84 Å². The van der Waals surface area contributed by atoms with Crippen molar-refractivity contribution >= 4 is 5.97 Å². The number of carboxylic acid groups (broad SMARTS) is 1. The molecule has 0 radical (unpaired) electrons. The highest BCUT2D eigenvalue weighted by atomic mass is 16.5. The van der Waals surface area contributed by atoms with Crippen LogP contribution in [-0.4, -0.2) is 50.3 Å². The topological polar surface area (TPSA) is 61.8 Å². The summed E-state index contributed by atoms with van der Waals surface area (Å²) in [6.45, 7) is 4.55. The van der Waals surface area contributed by atoms with E-state index in [1.54, 1.807) is 21.0 Å². The van der Waals surface area contributed by atoms with Gasteiger partial charge in [-0.1, -0.05) is 12.1 Å². The Labute approximate surface area is 126 Å². The van der Waals surface area contributed by atoms with Crippen molar-refractivity contribution in [3.63, 3.8) is 0 Å². The summed E-state index contributed by atoms with van der Waals surface area (Å²) in [6.07, 6.45) is 0. The average molecular weight is 294 g/mol. The lowest BCUT2D eigenvalue weighted by Gasteiger charge is -2.27. The van der Waals surface area contributed by atoms with Crippen molar-refractivity contribution in [2.24, 2.45) is 5.41 Å². The third-order valence-electron chi connectivity index (χ3n) is 3.59. The molecular formula is C16H26N2O3. The molecule has 1 rings (SSSR count). The molecule has 0 aromatic heterocycles. The van der Waals surface area contributed by atoms with E-state index in [-0.39, 0.29) is 6.04 Å². The fraction of sp³-hybridized carbons (Fsp3) is 0.562. The predicted octanol–water partition coefficient (Wildman–Crippen LogP) is 2.00. The highest BCUT2D eigenvalue weighted by Crippen LogP contribution is 2.22. The summed E-state index contributed by atoms with van der Waals surface area (Å²) in [5, 5.41) is 12.4. The molecule has 5 heteroatoms. The molecule has 0 spiro atoms. The van der Waals surface area contributed by atoms with Gasteiger partial charge in [-0.2, -0.15) is 0 Å². The molecule has 1 aromatic carbocycles. The predicted molar refractivity (Wildman–Crippen MR) is 83.7 cm³/mol. The van der Waals surface area contributed by atoms with Gasteiger partial charge in [0, 0.05) is 19.1 Å². The van der Waals surface area contributed by atoms with Crippen molar-refractivity contribution in [2.45, 2.75) is 19.9 Å². The second-order valence-corrected chi connectivity index (χ2v) is 6.08. The molecule has 118 valence electrons. The van der Waals surface area contributed by atoms with E-state index in [1.165, 1.54) is 0 Å². The number of methoxy groups -OCH3 is 1. The maximum Gasteiger partial charge on any atom is 0.310 e. The standard InChI is InChI=1S/C16H26N2O3/c1-16(2,15(19)20)11-17-10-14(18(3)4)12-7-6-8-13(9-12)21-5/h6-9,14,17H,10-11H2,1-5H3,(H,19,20). The van der Waals surface area contributed by atoms with Crippen LogP contribution in [0.5, 0.6) is 5.75 Å². The number of nitrogens with one attached hydrogen (secondary N) is 1. The van der Waals surface area contributed by atoms with E-state index >= 15 is 0 Å². The number of benzene rings is 1. The lowest BCUT2D eigenvalue weighted by atomic mass is 9.93. The molecule has 0 aliphatic rings. The summed E-state index contributed by atoms with van der Waals surface area (Å²) in [5.41, 5.74) is 0.366. The monoisotopic (exact) mass is 294 g/mol. The van der Waals surface area contributed by atoms with Gasteiger partial charge in [0.25, 0.3) is 0 Å². The molecular weight excluding hydrogens is 268 g/mol. The van der Waals surface area contributed by atoms with Gasteiger partial charge >= 0.3 is 5.97 Å². The zero-order valence-corrected chi connectivity index (χ0v) is 13.5. The fourth-order valence-corrected chi connectivity index (χ4v) is 2.04. The van der Waals surface area contributed by atoms with E-state index in [9.17, 15) is 4.79 Å². The number of carbonyl (C=O) groups is 1. The summed E-state index contributed by atoms with van der Waals surface area (Å²) in [6, 6.07) is 8.10. The lowest BCUT2D eigenvalue weighted by molar-refractivity contribution is -0.146. The van der Waals surface area contributed by atoms with Crippen LogP contribution < -0.4 is 10.1 Å². The number of hydrogen-bond acceptors (Lipinski definition) is 4. The number of ether oxygens (including phenoxy) is 1. The number of aliphatic carboxylic acids is 1. The Morgan fingerprint density at radius 3 is 2.62 bits per heavy atom. The molecule has 0 fully saturated rings. The number of carboxylic acids is 1. The summed E-state index contributed by atoms with van der Waals surface area (Å²) in [5.74, 6) is 0.0306. The summed E-state index contributed by atoms with van der Waals surface area (Å²) >= 11 is 0. The normalized spacial score (nSPS) is 13.2. The van der Waals surface area contributed by atoms with Crippen molar-refractivity contribution in [2.75, 3.05) is 34.3 Å². The minimum absolute atomic E-state index is 0.157. The van der Waals surface area contributed by atoms with Crippen LogP contribution in [0.25, 0.3) is 0 Å². The zero-order valence-electron chi connectivity index (χ0n) is 13.5. The second-order valence-electron chi connectivity index (χ2n) is 6.08. The van der Waals surface area contributed by atoms with E-state index in [0.29, 0.717) is 13.1 Å². The Kier molecular flexibility index (Phi) is 6.18. The quantitative estimate of drug-likeness (QED) is 0.768. The summed E-state index contributed by atoms with van der Waals surface area (Å²) < 4.78 is 5.26. The minimum atomic E-state index is -0.794. The SMILES string of the molecule is COc1cccc(C(CNCC(C)(C)C(=O)O)N(C)C)c1. The summed E-state index contributed by atoms with van der Waals surface area (Å²) in [7, 11) is 5.67. The molecule has 0 heterocycles. The van der Waals surface area contributed by atoms with Crippen molar-refractivity contribution in [1.82, 2.24) is 10.2 Å². The van der Waals surface area contributed by atoms with Crippen molar-refractivity contribution in [3.8, 4) is 5.75 Å². The van der Waals surface area contributed by atoms with Gasteiger partial charge in [-0.25, -0.2) is 0 Å². The molecule has 1 unspecified atom stereocenters. The van der Waals surface area contributed by atoms with E-state index in [0.717, 1.165) is 11.3 Å². The van der Waals surface area contributed by atoms with E-state index in [2.05, 4.69) is 16.3 Å². The van der Waals surface area contributed by atoms with Crippen LogP contribution in [0.3, 0.4) is 0 Å². The first-order valence-electron chi connectivity index (χ1n) is 7.02. The van der Waals surface area contributed by atoms with Gasteiger partial charge in [-0.15, -0.1) is 0 Å². The molecule has 5 nitrogen and oxygen atoms in total. The lowest BCUT2D eigenvalue weighted by Crippen LogP contribution is -2.39. The van der Waals surface area contributed by atoms with Crippen LogP contribution in [0, 0.1) is 5.41 Å². The number of hydrogen-bond donors (Lipinski definition) is 2. The van der Waals surface area contributed by atoms with Crippen molar-refractivity contribution in [1.29, 1.82) is 0 Å². The van der Waals surface area contributed by atoms with Gasteiger partial charge in [-0.05, 0) is 45.6 Å². The third kappa shape index (κ3) is 5.02. The maximum atomic E-state index is 11.1. The molecule has 0 bridgehead atoms. The molecule has 21 heavy (non-hydrogen) atoms. The van der Waals surface area contributed by atoms with Gasteiger partial charge in [0.05, 0.1) is 12.5 Å². The molecule has 0 aliphatic carbocycles.